The van der Waals surface area contributed by atoms with Crippen LogP contribution in [0.4, 0.5) is 0 Å². The van der Waals surface area contributed by atoms with Gasteiger partial charge in [-0.2, -0.15) is 0 Å². The maximum Gasteiger partial charge on any atom is 0.120 e. The summed E-state index contributed by atoms with van der Waals surface area (Å²) in [6.07, 6.45) is 0.145. The Morgan fingerprint density at radius 1 is 1.41 bits per heavy atom. The predicted molar refractivity (Wildman–Crippen MR) is 70.2 cm³/mol. The molecule has 0 saturated carbocycles. The van der Waals surface area contributed by atoms with Gasteiger partial charge in [0, 0.05) is 17.6 Å². The largest absolute Gasteiger partial charge is 0.491 e. The summed E-state index contributed by atoms with van der Waals surface area (Å²) in [7, 11) is 0. The van der Waals surface area contributed by atoms with Crippen LogP contribution in [-0.4, -0.2) is 42.6 Å². The number of aliphatic hydroxyl groups is 2. The van der Waals surface area contributed by atoms with E-state index in [1.165, 1.54) is 0 Å². The molecule has 1 atom stereocenters. The molecule has 0 radical (unpaired) electrons. The van der Waals surface area contributed by atoms with Crippen molar-refractivity contribution in [1.29, 1.82) is 0 Å². The summed E-state index contributed by atoms with van der Waals surface area (Å²) in [5.74, 6) is 0.730. The van der Waals surface area contributed by atoms with E-state index < -0.39 is 6.10 Å². The first-order valence-electron chi connectivity index (χ1n) is 5.60. The lowest BCUT2D eigenvalue weighted by atomic mass is 10.3. The topological polar surface area (TPSA) is 61.7 Å². The molecule has 0 aliphatic heterocycles. The van der Waals surface area contributed by atoms with Crippen molar-refractivity contribution in [3.63, 3.8) is 0 Å². The summed E-state index contributed by atoms with van der Waals surface area (Å²) < 4.78 is 6.39. The van der Waals surface area contributed by atoms with E-state index in [0.717, 1.165) is 10.2 Å². The van der Waals surface area contributed by atoms with Gasteiger partial charge in [-0.25, -0.2) is 0 Å². The fourth-order valence-corrected chi connectivity index (χ4v) is 1.66. The van der Waals surface area contributed by atoms with E-state index in [1.54, 1.807) is 0 Å². The highest BCUT2D eigenvalue weighted by atomic mass is 79.9. The van der Waals surface area contributed by atoms with Gasteiger partial charge in [-0.1, -0.05) is 22.0 Å². The van der Waals surface area contributed by atoms with E-state index >= 15 is 0 Å². The molecule has 0 bridgehead atoms. The van der Waals surface area contributed by atoms with Crippen LogP contribution in [-0.2, 0) is 0 Å². The Balaban J connectivity index is 2.17. The van der Waals surface area contributed by atoms with Crippen molar-refractivity contribution in [2.75, 3.05) is 26.3 Å². The van der Waals surface area contributed by atoms with Crippen LogP contribution in [0.2, 0.25) is 0 Å². The van der Waals surface area contributed by atoms with Gasteiger partial charge in [0.25, 0.3) is 0 Å². The minimum Gasteiger partial charge on any atom is -0.491 e. The van der Waals surface area contributed by atoms with Crippen molar-refractivity contribution in [3.05, 3.63) is 28.7 Å². The summed E-state index contributed by atoms with van der Waals surface area (Å²) in [6.45, 7) is 1.58. The molecule has 0 fully saturated rings. The third kappa shape index (κ3) is 6.63. The molecule has 1 aromatic carbocycles. The fraction of sp³-hybridized carbons (Fsp3) is 0.500. The molecule has 0 heterocycles. The second-order valence-electron chi connectivity index (χ2n) is 3.70. The van der Waals surface area contributed by atoms with E-state index in [0.29, 0.717) is 19.5 Å². The monoisotopic (exact) mass is 303 g/mol. The lowest BCUT2D eigenvalue weighted by Gasteiger charge is -2.13. The molecule has 3 N–H and O–H groups in total. The molecule has 1 rings (SSSR count). The number of benzene rings is 1. The highest BCUT2D eigenvalue weighted by molar-refractivity contribution is 9.10. The van der Waals surface area contributed by atoms with Crippen LogP contribution < -0.4 is 10.1 Å². The van der Waals surface area contributed by atoms with Crippen LogP contribution in [0.3, 0.4) is 0 Å². The molecule has 0 aromatic heterocycles. The lowest BCUT2D eigenvalue weighted by Crippen LogP contribution is -2.32. The Bertz CT molecular complexity index is 322. The summed E-state index contributed by atoms with van der Waals surface area (Å²) in [4.78, 5) is 0. The zero-order chi connectivity index (χ0) is 12.5. The average molecular weight is 304 g/mol. The minimum absolute atomic E-state index is 0.164. The highest BCUT2D eigenvalue weighted by Crippen LogP contribution is 2.17. The molecule has 0 aliphatic carbocycles. The first-order chi connectivity index (χ1) is 8.22. The Morgan fingerprint density at radius 3 is 2.94 bits per heavy atom. The molecule has 17 heavy (non-hydrogen) atoms. The summed E-state index contributed by atoms with van der Waals surface area (Å²) in [6, 6.07) is 7.49. The number of ether oxygens (including phenoxy) is 1. The van der Waals surface area contributed by atoms with E-state index in [2.05, 4.69) is 21.2 Å². The Hall–Kier alpha value is -0.620. The highest BCUT2D eigenvalue weighted by Gasteiger charge is 2.04. The molecule has 1 unspecified atom stereocenters. The van der Waals surface area contributed by atoms with Gasteiger partial charge in [0.05, 0.1) is 0 Å². The van der Waals surface area contributed by atoms with E-state index in [-0.39, 0.29) is 13.2 Å². The number of halogens is 1. The van der Waals surface area contributed by atoms with Gasteiger partial charge in [0.2, 0.25) is 0 Å². The summed E-state index contributed by atoms with van der Waals surface area (Å²) in [5, 5.41) is 21.2. The Labute approximate surface area is 110 Å². The van der Waals surface area contributed by atoms with Crippen LogP contribution in [0.1, 0.15) is 6.42 Å². The van der Waals surface area contributed by atoms with Crippen molar-refractivity contribution in [2.45, 2.75) is 12.5 Å². The van der Waals surface area contributed by atoms with Crippen LogP contribution in [0.5, 0.6) is 5.75 Å². The maximum atomic E-state index is 9.62. The van der Waals surface area contributed by atoms with Crippen LogP contribution in [0.25, 0.3) is 0 Å². The number of rotatable bonds is 8. The summed E-state index contributed by atoms with van der Waals surface area (Å²) in [5.41, 5.74) is 0. The number of aliphatic hydroxyl groups excluding tert-OH is 2. The molecule has 5 heteroatoms. The zero-order valence-corrected chi connectivity index (χ0v) is 11.2. The standard InChI is InChI=1S/C12H18BrNO3/c13-10-3-1-4-12(7-10)17-9-11(16)8-14-5-2-6-15/h1,3-4,7,11,14-16H,2,5-6,8-9H2. The molecular formula is C12H18BrNO3. The van der Waals surface area contributed by atoms with Gasteiger partial charge >= 0.3 is 0 Å². The van der Waals surface area contributed by atoms with E-state index in [9.17, 15) is 5.11 Å². The minimum atomic E-state index is -0.548. The SMILES string of the molecule is OCCCNCC(O)COc1cccc(Br)c1. The number of hydrogen-bond donors (Lipinski definition) is 3. The quantitative estimate of drug-likeness (QED) is 0.631. The Morgan fingerprint density at radius 2 is 2.24 bits per heavy atom. The van der Waals surface area contributed by atoms with Crippen molar-refractivity contribution < 1.29 is 14.9 Å². The third-order valence-corrected chi connectivity index (χ3v) is 2.62. The number of hydrogen-bond acceptors (Lipinski definition) is 4. The smallest absolute Gasteiger partial charge is 0.120 e. The van der Waals surface area contributed by atoms with Gasteiger partial charge < -0.3 is 20.3 Å². The van der Waals surface area contributed by atoms with Crippen molar-refractivity contribution in [3.8, 4) is 5.75 Å². The van der Waals surface area contributed by atoms with Gasteiger partial charge in [-0.3, -0.25) is 0 Å². The molecule has 4 nitrogen and oxygen atoms in total. The second-order valence-corrected chi connectivity index (χ2v) is 4.62. The molecule has 0 saturated heterocycles. The Kier molecular flexibility index (Phi) is 7.19. The third-order valence-electron chi connectivity index (χ3n) is 2.13. The first-order valence-corrected chi connectivity index (χ1v) is 6.39. The molecule has 0 amide bonds. The normalized spacial score (nSPS) is 12.4. The molecule has 1 aromatic rings. The second kappa shape index (κ2) is 8.47. The van der Waals surface area contributed by atoms with Crippen molar-refractivity contribution in [1.82, 2.24) is 5.32 Å². The number of nitrogens with one attached hydrogen (secondary N) is 1. The predicted octanol–water partition coefficient (Wildman–Crippen LogP) is 1.16. The van der Waals surface area contributed by atoms with Crippen LogP contribution >= 0.6 is 15.9 Å². The van der Waals surface area contributed by atoms with Crippen LogP contribution in [0, 0.1) is 0 Å². The molecular weight excluding hydrogens is 286 g/mol. The fourth-order valence-electron chi connectivity index (χ4n) is 1.28. The van der Waals surface area contributed by atoms with E-state index in [1.807, 2.05) is 24.3 Å². The van der Waals surface area contributed by atoms with Crippen LogP contribution in [0.15, 0.2) is 28.7 Å². The van der Waals surface area contributed by atoms with Gasteiger partial charge in [-0.15, -0.1) is 0 Å². The molecule has 0 spiro atoms. The molecule has 0 aliphatic rings. The van der Waals surface area contributed by atoms with Gasteiger partial charge in [0.1, 0.15) is 18.5 Å². The van der Waals surface area contributed by atoms with Gasteiger partial charge in [-0.05, 0) is 31.2 Å². The summed E-state index contributed by atoms with van der Waals surface area (Å²) >= 11 is 3.35. The van der Waals surface area contributed by atoms with Crippen molar-refractivity contribution in [2.24, 2.45) is 0 Å². The first kappa shape index (κ1) is 14.4. The van der Waals surface area contributed by atoms with Crippen molar-refractivity contribution >= 4 is 15.9 Å². The van der Waals surface area contributed by atoms with Gasteiger partial charge in [0.15, 0.2) is 0 Å². The molecule has 96 valence electrons. The van der Waals surface area contributed by atoms with E-state index in [4.69, 9.17) is 9.84 Å². The maximum absolute atomic E-state index is 9.62. The lowest BCUT2D eigenvalue weighted by molar-refractivity contribution is 0.106. The zero-order valence-electron chi connectivity index (χ0n) is 9.60. The average Bonchev–Trinajstić information content (AvgIpc) is 2.32.